The summed E-state index contributed by atoms with van der Waals surface area (Å²) >= 11 is 8.19. The molecule has 0 aliphatic carbocycles. The van der Waals surface area contributed by atoms with E-state index in [1.54, 1.807) is 39.5 Å². The zero-order chi connectivity index (χ0) is 18.5. The molecule has 0 saturated carbocycles. The van der Waals surface area contributed by atoms with Gasteiger partial charge in [0.2, 0.25) is 5.91 Å². The van der Waals surface area contributed by atoms with Crippen LogP contribution in [0.2, 0.25) is 0 Å². The molecule has 4 nitrogen and oxygen atoms in total. The van der Waals surface area contributed by atoms with Gasteiger partial charge in [-0.2, -0.15) is 5.26 Å². The zero-order valence-electron chi connectivity index (χ0n) is 14.2. The van der Waals surface area contributed by atoms with E-state index in [0.717, 1.165) is 20.1 Å². The van der Waals surface area contributed by atoms with Crippen molar-refractivity contribution in [3.8, 4) is 6.07 Å². The Morgan fingerprint density at radius 1 is 1.48 bits per heavy atom. The van der Waals surface area contributed by atoms with Crippen LogP contribution in [-0.2, 0) is 4.79 Å². The topological polar surface area (TPSA) is 65.8 Å². The first-order valence-electron chi connectivity index (χ1n) is 7.73. The summed E-state index contributed by atoms with van der Waals surface area (Å²) in [5.41, 5.74) is 0. The number of hydrogen-bond acceptors (Lipinski definition) is 8. The van der Waals surface area contributed by atoms with E-state index in [2.05, 4.69) is 16.4 Å². The predicted octanol–water partition coefficient (Wildman–Crippen LogP) is 4.77. The van der Waals surface area contributed by atoms with Crippen molar-refractivity contribution in [3.63, 3.8) is 0 Å². The first kappa shape index (κ1) is 22.6. The van der Waals surface area contributed by atoms with Crippen molar-refractivity contribution >= 4 is 66.8 Å². The molecule has 1 atom stereocenters. The van der Waals surface area contributed by atoms with Crippen LogP contribution >= 0.6 is 57.3 Å². The first-order valence-corrected chi connectivity index (χ1v) is 12.3. The van der Waals surface area contributed by atoms with Crippen molar-refractivity contribution in [3.05, 3.63) is 24.4 Å². The lowest BCUT2D eigenvalue weighted by Gasteiger charge is -2.20. The highest BCUT2D eigenvalue weighted by Gasteiger charge is 2.27. The summed E-state index contributed by atoms with van der Waals surface area (Å²) in [6.07, 6.45) is 2.58. The van der Waals surface area contributed by atoms with Gasteiger partial charge >= 0.3 is 0 Å². The number of thioether (sulfide) groups is 2. The molecular formula is C16H21N3OS5. The highest BCUT2D eigenvalue weighted by Crippen LogP contribution is 2.34. The number of nitriles is 1. The summed E-state index contributed by atoms with van der Waals surface area (Å²) in [6, 6.07) is 8.08. The second kappa shape index (κ2) is 12.9. The van der Waals surface area contributed by atoms with Crippen molar-refractivity contribution < 1.29 is 4.79 Å². The molecule has 1 aromatic heterocycles. The Balaban J connectivity index is 2.20. The van der Waals surface area contributed by atoms with Crippen LogP contribution in [0.4, 0.5) is 0 Å². The highest BCUT2D eigenvalue weighted by atomic mass is 33.1. The molecule has 1 heterocycles. The number of rotatable bonds is 10. The molecule has 25 heavy (non-hydrogen) atoms. The molecule has 9 heteroatoms. The summed E-state index contributed by atoms with van der Waals surface area (Å²) in [5, 5.41) is 13.2. The van der Waals surface area contributed by atoms with Crippen LogP contribution in [0.3, 0.4) is 0 Å². The van der Waals surface area contributed by atoms with Crippen molar-refractivity contribution in [1.29, 1.82) is 5.26 Å². The number of amides is 1. The van der Waals surface area contributed by atoms with Gasteiger partial charge in [-0.15, -0.1) is 11.8 Å². The van der Waals surface area contributed by atoms with E-state index in [9.17, 15) is 10.1 Å². The molecule has 0 saturated heterocycles. The Labute approximate surface area is 171 Å². The number of aromatic nitrogens is 1. The number of carbonyl (C=O) groups excluding carboxylic acids is 1. The number of hydrogen-bond donors (Lipinski definition) is 1. The van der Waals surface area contributed by atoms with Crippen LogP contribution < -0.4 is 5.32 Å². The average Bonchev–Trinajstić information content (AvgIpc) is 2.61. The Morgan fingerprint density at radius 3 is 2.92 bits per heavy atom. The van der Waals surface area contributed by atoms with Crippen molar-refractivity contribution in [2.24, 2.45) is 0 Å². The third-order valence-corrected chi connectivity index (χ3v) is 7.84. The lowest BCUT2D eigenvalue weighted by atomic mass is 10.1. The third-order valence-electron chi connectivity index (χ3n) is 2.93. The lowest BCUT2D eigenvalue weighted by molar-refractivity contribution is -0.121. The molecule has 1 rings (SSSR count). The Hall–Kier alpha value is -0.400. The minimum Gasteiger partial charge on any atom is -0.355 e. The van der Waals surface area contributed by atoms with E-state index in [-0.39, 0.29) is 5.91 Å². The van der Waals surface area contributed by atoms with Crippen molar-refractivity contribution in [1.82, 2.24) is 10.3 Å². The van der Waals surface area contributed by atoms with E-state index in [1.807, 2.05) is 32.0 Å². The normalized spacial score (nSPS) is 12.8. The predicted molar refractivity (Wildman–Crippen MR) is 117 cm³/mol. The van der Waals surface area contributed by atoms with Crippen LogP contribution in [0.15, 0.2) is 29.4 Å². The summed E-state index contributed by atoms with van der Waals surface area (Å²) < 4.78 is 0.107. The van der Waals surface area contributed by atoms with Crippen molar-refractivity contribution in [2.75, 3.05) is 18.1 Å². The molecule has 1 amide bonds. The molecule has 0 aliphatic rings. The fourth-order valence-electron chi connectivity index (χ4n) is 1.63. The number of nitrogens with one attached hydrogen (secondary N) is 1. The molecule has 0 aromatic carbocycles. The molecule has 0 spiro atoms. The average molecular weight is 432 g/mol. The number of thiocarbonyl (C=S) groups is 1. The van der Waals surface area contributed by atoms with Gasteiger partial charge in [-0.05, 0) is 42.0 Å². The molecule has 1 aromatic rings. The maximum Gasteiger partial charge on any atom is 0.220 e. The first-order chi connectivity index (χ1) is 12.0. The Kier molecular flexibility index (Phi) is 11.7. The molecule has 0 bridgehead atoms. The monoisotopic (exact) mass is 431 g/mol. The van der Waals surface area contributed by atoms with Gasteiger partial charge in [-0.1, -0.05) is 47.8 Å². The van der Waals surface area contributed by atoms with Gasteiger partial charge in [-0.3, -0.25) is 4.79 Å². The summed E-state index contributed by atoms with van der Waals surface area (Å²) in [5.74, 6) is 1.66. The standard InChI is InChI=1S/C16H21N3OS5/c1-3-22-15(21)24-16(2,12-17)8-7-13(20)18-10-11-23-25-14-6-4-5-9-19-14/h4-6,9H,3,7-8,10-11H2,1-2H3,(H,18,20). The summed E-state index contributed by atoms with van der Waals surface area (Å²) in [6.45, 7) is 4.47. The number of nitrogens with zero attached hydrogens (tertiary/aromatic N) is 2. The second-order valence-electron chi connectivity index (χ2n) is 5.05. The van der Waals surface area contributed by atoms with Gasteiger partial charge in [0.05, 0.1) is 6.07 Å². The Morgan fingerprint density at radius 2 is 2.28 bits per heavy atom. The van der Waals surface area contributed by atoms with E-state index < -0.39 is 4.75 Å². The largest absolute Gasteiger partial charge is 0.355 e. The quantitative estimate of drug-likeness (QED) is 0.323. The van der Waals surface area contributed by atoms with Crippen molar-refractivity contribution in [2.45, 2.75) is 36.5 Å². The molecule has 136 valence electrons. The van der Waals surface area contributed by atoms with E-state index in [4.69, 9.17) is 12.2 Å². The van der Waals surface area contributed by atoms with Gasteiger partial charge in [0.1, 0.15) is 13.3 Å². The summed E-state index contributed by atoms with van der Waals surface area (Å²) in [4.78, 5) is 16.2. The van der Waals surface area contributed by atoms with E-state index in [1.165, 1.54) is 11.8 Å². The molecule has 1 unspecified atom stereocenters. The third kappa shape index (κ3) is 10.4. The van der Waals surface area contributed by atoms with Gasteiger partial charge in [0, 0.05) is 24.9 Å². The van der Waals surface area contributed by atoms with Crippen LogP contribution in [0.1, 0.15) is 26.7 Å². The van der Waals surface area contributed by atoms with Crippen LogP contribution in [0.25, 0.3) is 0 Å². The zero-order valence-corrected chi connectivity index (χ0v) is 18.3. The van der Waals surface area contributed by atoms with Gasteiger partial charge in [-0.25, -0.2) is 4.98 Å². The molecular weight excluding hydrogens is 411 g/mol. The maximum atomic E-state index is 12.0. The van der Waals surface area contributed by atoms with Crippen LogP contribution in [-0.4, -0.2) is 37.2 Å². The van der Waals surface area contributed by atoms with Gasteiger partial charge < -0.3 is 5.32 Å². The maximum absolute atomic E-state index is 12.0. The molecule has 1 N–H and O–H groups in total. The molecule has 0 radical (unpaired) electrons. The minimum absolute atomic E-state index is 0.0282. The van der Waals surface area contributed by atoms with E-state index in [0.29, 0.717) is 19.4 Å². The van der Waals surface area contributed by atoms with Gasteiger partial charge in [0.15, 0.2) is 0 Å². The molecule has 0 fully saturated rings. The molecule has 0 aliphatic heterocycles. The lowest BCUT2D eigenvalue weighted by Crippen LogP contribution is -2.28. The number of pyridine rings is 1. The summed E-state index contributed by atoms with van der Waals surface area (Å²) in [7, 11) is 3.25. The highest BCUT2D eigenvalue weighted by molar-refractivity contribution is 8.76. The van der Waals surface area contributed by atoms with E-state index >= 15 is 0 Å². The Bertz CT molecular complexity index is 593. The van der Waals surface area contributed by atoms with Gasteiger partial charge in [0.25, 0.3) is 0 Å². The van der Waals surface area contributed by atoms with Crippen LogP contribution in [0.5, 0.6) is 0 Å². The fraction of sp³-hybridized carbons (Fsp3) is 0.500. The fourth-order valence-corrected chi connectivity index (χ4v) is 6.32. The second-order valence-corrected chi connectivity index (χ2v) is 11.5. The SMILES string of the molecule is CCSC(=S)SC(C)(C#N)CCC(=O)NCCSSc1ccccn1. The number of carbonyl (C=O) groups is 1. The van der Waals surface area contributed by atoms with Crippen LogP contribution in [0, 0.1) is 11.3 Å². The minimum atomic E-state index is -0.653. The smallest absolute Gasteiger partial charge is 0.220 e.